The van der Waals surface area contributed by atoms with Crippen LogP contribution in [0.15, 0.2) is 48.8 Å². The Balaban J connectivity index is 2.17. The highest BCUT2D eigenvalue weighted by atomic mass is 16.4. The van der Waals surface area contributed by atoms with Crippen LogP contribution in [0.1, 0.15) is 15.9 Å². The van der Waals surface area contributed by atoms with Crippen molar-refractivity contribution in [2.75, 3.05) is 0 Å². The second kappa shape index (κ2) is 4.52. The molecule has 5 heteroatoms. The number of carboxylic acid groups (broad SMARTS) is 1. The van der Waals surface area contributed by atoms with Gasteiger partial charge >= 0.3 is 5.97 Å². The zero-order valence-corrected chi connectivity index (χ0v) is 10.3. The number of carboxylic acids is 1. The monoisotopic (exact) mass is 263 g/mol. The van der Waals surface area contributed by atoms with Crippen LogP contribution in [0.5, 0.6) is 0 Å². The predicted octanol–water partition coefficient (Wildman–Crippen LogP) is 2.60. The Bertz CT molecular complexity index is 842. The minimum atomic E-state index is -0.973. The lowest BCUT2D eigenvalue weighted by Gasteiger charge is -2.04. The number of hydrogen-bond donors (Lipinski definition) is 1. The summed E-state index contributed by atoms with van der Waals surface area (Å²) in [5.74, 6) is -0.973. The number of imidazole rings is 1. The normalized spacial score (nSPS) is 10.3. The molecule has 1 N–H and O–H groups in total. The SMILES string of the molecule is N#Cc1ccc(-n2cnc3ccc(C(=O)O)cc32)cc1. The maximum Gasteiger partial charge on any atom is 0.335 e. The molecule has 0 radical (unpaired) electrons. The molecule has 0 spiro atoms. The fourth-order valence-corrected chi connectivity index (χ4v) is 2.04. The number of aromatic carboxylic acids is 1. The van der Waals surface area contributed by atoms with Gasteiger partial charge in [0.05, 0.1) is 28.2 Å². The van der Waals surface area contributed by atoms with Crippen LogP contribution < -0.4 is 0 Å². The van der Waals surface area contributed by atoms with Crippen molar-refractivity contribution in [2.45, 2.75) is 0 Å². The van der Waals surface area contributed by atoms with E-state index in [9.17, 15) is 4.79 Å². The van der Waals surface area contributed by atoms with Gasteiger partial charge in [0.1, 0.15) is 6.33 Å². The Morgan fingerprint density at radius 3 is 2.60 bits per heavy atom. The van der Waals surface area contributed by atoms with Crippen LogP contribution in [-0.2, 0) is 0 Å². The highest BCUT2D eigenvalue weighted by Gasteiger charge is 2.09. The van der Waals surface area contributed by atoms with Gasteiger partial charge in [0.25, 0.3) is 0 Å². The lowest BCUT2D eigenvalue weighted by atomic mass is 10.2. The van der Waals surface area contributed by atoms with E-state index in [0.29, 0.717) is 5.56 Å². The third kappa shape index (κ3) is 1.89. The molecule has 96 valence electrons. The van der Waals surface area contributed by atoms with Gasteiger partial charge in [0, 0.05) is 5.69 Å². The van der Waals surface area contributed by atoms with E-state index in [1.165, 1.54) is 6.07 Å². The van der Waals surface area contributed by atoms with Crippen molar-refractivity contribution in [3.8, 4) is 11.8 Å². The average Bonchev–Trinajstić information content (AvgIpc) is 2.90. The van der Waals surface area contributed by atoms with Crippen molar-refractivity contribution >= 4 is 17.0 Å². The second-order valence-electron chi connectivity index (χ2n) is 4.28. The molecule has 0 saturated carbocycles. The standard InChI is InChI=1S/C15H9N3O2/c16-8-10-1-4-12(5-2-10)18-9-17-13-6-3-11(15(19)20)7-14(13)18/h1-7,9H,(H,19,20). The van der Waals surface area contributed by atoms with Gasteiger partial charge in [-0.1, -0.05) is 0 Å². The van der Waals surface area contributed by atoms with Gasteiger partial charge in [-0.3, -0.25) is 4.57 Å². The summed E-state index contributed by atoms with van der Waals surface area (Å²) in [6, 6.07) is 13.9. The summed E-state index contributed by atoms with van der Waals surface area (Å²) in [6.45, 7) is 0. The molecule has 0 bridgehead atoms. The van der Waals surface area contributed by atoms with E-state index in [0.717, 1.165) is 16.7 Å². The summed E-state index contributed by atoms with van der Waals surface area (Å²) in [4.78, 5) is 15.3. The van der Waals surface area contributed by atoms with E-state index in [-0.39, 0.29) is 5.56 Å². The summed E-state index contributed by atoms with van der Waals surface area (Å²) in [6.07, 6.45) is 1.64. The van der Waals surface area contributed by atoms with Crippen LogP contribution in [0.25, 0.3) is 16.7 Å². The Labute approximate surface area is 114 Å². The molecule has 5 nitrogen and oxygen atoms in total. The van der Waals surface area contributed by atoms with Crippen LogP contribution in [0.3, 0.4) is 0 Å². The van der Waals surface area contributed by atoms with Gasteiger partial charge in [-0.05, 0) is 42.5 Å². The molecular formula is C15H9N3O2. The lowest BCUT2D eigenvalue weighted by molar-refractivity contribution is 0.0697. The van der Waals surface area contributed by atoms with Gasteiger partial charge in [0.15, 0.2) is 0 Å². The zero-order chi connectivity index (χ0) is 14.1. The molecule has 3 aromatic rings. The summed E-state index contributed by atoms with van der Waals surface area (Å²) in [5.41, 5.74) is 3.06. The molecule has 1 heterocycles. The zero-order valence-electron chi connectivity index (χ0n) is 10.3. The van der Waals surface area contributed by atoms with Crippen molar-refractivity contribution in [3.05, 3.63) is 59.9 Å². The van der Waals surface area contributed by atoms with E-state index in [1.54, 1.807) is 47.3 Å². The topological polar surface area (TPSA) is 78.9 Å². The third-order valence-corrected chi connectivity index (χ3v) is 3.07. The quantitative estimate of drug-likeness (QED) is 0.770. The molecule has 2 aromatic carbocycles. The highest BCUT2D eigenvalue weighted by Crippen LogP contribution is 2.20. The number of aromatic nitrogens is 2. The molecule has 0 aliphatic rings. The van der Waals surface area contributed by atoms with Crippen LogP contribution >= 0.6 is 0 Å². The predicted molar refractivity (Wildman–Crippen MR) is 72.7 cm³/mol. The summed E-state index contributed by atoms with van der Waals surface area (Å²) < 4.78 is 1.79. The number of fused-ring (bicyclic) bond motifs is 1. The van der Waals surface area contributed by atoms with E-state index in [2.05, 4.69) is 11.1 Å². The van der Waals surface area contributed by atoms with Crippen LogP contribution in [0.2, 0.25) is 0 Å². The lowest BCUT2D eigenvalue weighted by Crippen LogP contribution is -1.97. The minimum absolute atomic E-state index is 0.216. The molecule has 0 saturated heterocycles. The number of hydrogen-bond acceptors (Lipinski definition) is 3. The van der Waals surface area contributed by atoms with Crippen molar-refractivity contribution in [1.82, 2.24) is 9.55 Å². The Morgan fingerprint density at radius 2 is 1.95 bits per heavy atom. The first-order chi connectivity index (χ1) is 9.69. The number of carbonyl (C=O) groups is 1. The Hall–Kier alpha value is -3.13. The van der Waals surface area contributed by atoms with Crippen molar-refractivity contribution in [1.29, 1.82) is 5.26 Å². The molecule has 0 atom stereocenters. The minimum Gasteiger partial charge on any atom is -0.478 e. The number of nitrogens with zero attached hydrogens (tertiary/aromatic N) is 3. The number of benzene rings is 2. The van der Waals surface area contributed by atoms with Crippen molar-refractivity contribution < 1.29 is 9.90 Å². The van der Waals surface area contributed by atoms with Crippen LogP contribution in [0, 0.1) is 11.3 Å². The first kappa shape index (κ1) is 11.9. The van der Waals surface area contributed by atoms with E-state index in [4.69, 9.17) is 10.4 Å². The number of nitriles is 1. The molecule has 20 heavy (non-hydrogen) atoms. The van der Waals surface area contributed by atoms with Crippen LogP contribution in [-0.4, -0.2) is 20.6 Å². The van der Waals surface area contributed by atoms with Gasteiger partial charge in [-0.25, -0.2) is 9.78 Å². The van der Waals surface area contributed by atoms with Crippen molar-refractivity contribution in [3.63, 3.8) is 0 Å². The largest absolute Gasteiger partial charge is 0.478 e. The summed E-state index contributed by atoms with van der Waals surface area (Å²) in [7, 11) is 0. The Morgan fingerprint density at radius 1 is 1.20 bits per heavy atom. The second-order valence-corrected chi connectivity index (χ2v) is 4.28. The summed E-state index contributed by atoms with van der Waals surface area (Å²) >= 11 is 0. The fraction of sp³-hybridized carbons (Fsp3) is 0. The fourth-order valence-electron chi connectivity index (χ4n) is 2.04. The maximum atomic E-state index is 11.0. The van der Waals surface area contributed by atoms with E-state index >= 15 is 0 Å². The summed E-state index contributed by atoms with van der Waals surface area (Å²) in [5, 5.41) is 17.8. The molecule has 3 rings (SSSR count). The molecule has 0 unspecified atom stereocenters. The van der Waals surface area contributed by atoms with Crippen molar-refractivity contribution in [2.24, 2.45) is 0 Å². The van der Waals surface area contributed by atoms with E-state index < -0.39 is 5.97 Å². The first-order valence-electron chi connectivity index (χ1n) is 5.90. The molecule has 1 aromatic heterocycles. The smallest absolute Gasteiger partial charge is 0.335 e. The first-order valence-corrected chi connectivity index (χ1v) is 5.90. The average molecular weight is 263 g/mol. The number of rotatable bonds is 2. The van der Waals surface area contributed by atoms with Gasteiger partial charge in [0.2, 0.25) is 0 Å². The molecule has 0 aliphatic carbocycles. The van der Waals surface area contributed by atoms with Gasteiger partial charge < -0.3 is 5.11 Å². The molecular weight excluding hydrogens is 254 g/mol. The van der Waals surface area contributed by atoms with E-state index in [1.807, 2.05) is 0 Å². The molecule has 0 fully saturated rings. The molecule has 0 amide bonds. The molecule has 0 aliphatic heterocycles. The highest BCUT2D eigenvalue weighted by molar-refractivity contribution is 5.92. The maximum absolute atomic E-state index is 11.0. The van der Waals surface area contributed by atoms with Crippen LogP contribution in [0.4, 0.5) is 0 Å². The third-order valence-electron chi connectivity index (χ3n) is 3.07. The Kier molecular flexibility index (Phi) is 2.70. The van der Waals surface area contributed by atoms with Gasteiger partial charge in [-0.2, -0.15) is 5.26 Å². The van der Waals surface area contributed by atoms with Gasteiger partial charge in [-0.15, -0.1) is 0 Å².